The molecular formula is C30H56. The molecule has 0 aliphatic heterocycles. The summed E-state index contributed by atoms with van der Waals surface area (Å²) in [5.74, 6) is 0. The van der Waals surface area contributed by atoms with E-state index in [4.69, 9.17) is 0 Å². The third-order valence-electron chi connectivity index (χ3n) is 6.29. The summed E-state index contributed by atoms with van der Waals surface area (Å²) in [6.45, 7) is 11.6. The van der Waals surface area contributed by atoms with Crippen molar-refractivity contribution in [3.8, 4) is 0 Å². The number of unbranched alkanes of at least 4 members (excludes halogenated alkanes) is 12. The Labute approximate surface area is 191 Å². The Morgan fingerprint density at radius 3 is 1.33 bits per heavy atom. The van der Waals surface area contributed by atoms with Gasteiger partial charge in [0.1, 0.15) is 0 Å². The van der Waals surface area contributed by atoms with Gasteiger partial charge >= 0.3 is 0 Å². The van der Waals surface area contributed by atoms with Gasteiger partial charge in [0, 0.05) is 0 Å². The van der Waals surface area contributed by atoms with Crippen LogP contribution in [0.1, 0.15) is 157 Å². The minimum atomic E-state index is 1.20. The van der Waals surface area contributed by atoms with Crippen molar-refractivity contribution in [2.45, 2.75) is 157 Å². The molecule has 0 fully saturated rings. The first-order chi connectivity index (χ1) is 14.7. The van der Waals surface area contributed by atoms with Crippen molar-refractivity contribution in [1.29, 1.82) is 0 Å². The zero-order chi connectivity index (χ0) is 22.3. The van der Waals surface area contributed by atoms with E-state index in [-0.39, 0.29) is 0 Å². The van der Waals surface area contributed by atoms with Crippen molar-refractivity contribution in [3.05, 3.63) is 34.9 Å². The average molecular weight is 417 g/mol. The SMILES string of the molecule is CCCCCCC=C(C=C(CC)CCCCCC)C=C(CC)CCCCCCCC. The number of allylic oxidation sites excluding steroid dienone is 6. The second-order valence-electron chi connectivity index (χ2n) is 9.19. The molecule has 0 unspecified atom stereocenters. The summed E-state index contributed by atoms with van der Waals surface area (Å²) in [6, 6.07) is 0. The molecule has 0 radical (unpaired) electrons. The third kappa shape index (κ3) is 18.0. The number of hydrogen-bond acceptors (Lipinski definition) is 0. The van der Waals surface area contributed by atoms with Crippen LogP contribution in [0.25, 0.3) is 0 Å². The largest absolute Gasteiger partial charge is 0.0773 e. The maximum atomic E-state index is 2.55. The van der Waals surface area contributed by atoms with E-state index in [2.05, 4.69) is 52.8 Å². The molecule has 0 aromatic heterocycles. The van der Waals surface area contributed by atoms with E-state index >= 15 is 0 Å². The highest BCUT2D eigenvalue weighted by atomic mass is 14.1. The molecule has 0 saturated carbocycles. The van der Waals surface area contributed by atoms with Crippen molar-refractivity contribution in [2.24, 2.45) is 0 Å². The normalized spacial score (nSPS) is 13.3. The maximum absolute atomic E-state index is 2.55. The van der Waals surface area contributed by atoms with E-state index in [1.54, 1.807) is 11.1 Å². The molecule has 0 amide bonds. The summed E-state index contributed by atoms with van der Waals surface area (Å²) in [4.78, 5) is 0. The molecule has 0 rings (SSSR count). The lowest BCUT2D eigenvalue weighted by Crippen LogP contribution is -1.89. The Bertz CT molecular complexity index is 449. The minimum Gasteiger partial charge on any atom is -0.0773 e. The first-order valence-electron chi connectivity index (χ1n) is 13.8. The Morgan fingerprint density at radius 2 is 0.867 bits per heavy atom. The van der Waals surface area contributed by atoms with E-state index in [0.717, 1.165) is 0 Å². The van der Waals surface area contributed by atoms with Gasteiger partial charge in [-0.2, -0.15) is 0 Å². The van der Waals surface area contributed by atoms with E-state index in [1.807, 2.05) is 0 Å². The van der Waals surface area contributed by atoms with Crippen LogP contribution in [0.3, 0.4) is 0 Å². The molecule has 0 heterocycles. The van der Waals surface area contributed by atoms with Gasteiger partial charge in [0.05, 0.1) is 0 Å². The summed E-state index contributed by atoms with van der Waals surface area (Å²) in [6.07, 6.45) is 33.1. The Morgan fingerprint density at radius 1 is 0.467 bits per heavy atom. The van der Waals surface area contributed by atoms with Crippen LogP contribution in [0.2, 0.25) is 0 Å². The van der Waals surface area contributed by atoms with Gasteiger partial charge < -0.3 is 0 Å². The van der Waals surface area contributed by atoms with Crippen LogP contribution < -0.4 is 0 Å². The molecule has 0 bridgehead atoms. The van der Waals surface area contributed by atoms with Crippen molar-refractivity contribution in [3.63, 3.8) is 0 Å². The lowest BCUT2D eigenvalue weighted by Gasteiger charge is -2.09. The third-order valence-corrected chi connectivity index (χ3v) is 6.29. The van der Waals surface area contributed by atoms with Crippen LogP contribution in [0.5, 0.6) is 0 Å². The van der Waals surface area contributed by atoms with E-state index in [1.165, 1.54) is 128 Å². The second kappa shape index (κ2) is 22.9. The molecule has 0 nitrogen and oxygen atoms in total. The van der Waals surface area contributed by atoms with Gasteiger partial charge in [0.25, 0.3) is 0 Å². The van der Waals surface area contributed by atoms with Crippen LogP contribution >= 0.6 is 0 Å². The highest BCUT2D eigenvalue weighted by molar-refractivity contribution is 5.36. The molecule has 0 saturated heterocycles. The summed E-state index contributed by atoms with van der Waals surface area (Å²) >= 11 is 0. The van der Waals surface area contributed by atoms with Crippen molar-refractivity contribution in [2.75, 3.05) is 0 Å². The highest BCUT2D eigenvalue weighted by Gasteiger charge is 2.01. The second-order valence-corrected chi connectivity index (χ2v) is 9.19. The average Bonchev–Trinajstić information content (AvgIpc) is 2.76. The van der Waals surface area contributed by atoms with Crippen molar-refractivity contribution >= 4 is 0 Å². The lowest BCUT2D eigenvalue weighted by molar-refractivity contribution is 0.603. The summed E-state index contributed by atoms with van der Waals surface area (Å²) < 4.78 is 0. The maximum Gasteiger partial charge on any atom is -0.0298 e. The van der Waals surface area contributed by atoms with Crippen LogP contribution in [0.4, 0.5) is 0 Å². The Kier molecular flexibility index (Phi) is 22.3. The quantitative estimate of drug-likeness (QED) is 0.129. The molecule has 0 heteroatoms. The van der Waals surface area contributed by atoms with Crippen LogP contribution in [0, 0.1) is 0 Å². The fourth-order valence-corrected chi connectivity index (χ4v) is 4.08. The highest BCUT2D eigenvalue weighted by Crippen LogP contribution is 2.21. The summed E-state index contributed by atoms with van der Waals surface area (Å²) in [5.41, 5.74) is 4.81. The first-order valence-corrected chi connectivity index (χ1v) is 13.8. The summed E-state index contributed by atoms with van der Waals surface area (Å²) in [5, 5.41) is 0. The molecule has 0 atom stereocenters. The molecule has 176 valence electrons. The predicted molar refractivity (Wildman–Crippen MR) is 140 cm³/mol. The molecule has 0 aromatic carbocycles. The topological polar surface area (TPSA) is 0 Å². The molecule has 30 heavy (non-hydrogen) atoms. The zero-order valence-electron chi connectivity index (χ0n) is 21.7. The molecule has 0 aliphatic rings. The molecule has 0 aromatic rings. The molecule has 0 N–H and O–H groups in total. The van der Waals surface area contributed by atoms with Gasteiger partial charge in [-0.25, -0.2) is 0 Å². The summed E-state index contributed by atoms with van der Waals surface area (Å²) in [7, 11) is 0. The smallest absolute Gasteiger partial charge is 0.0298 e. The molecule has 0 spiro atoms. The Balaban J connectivity index is 4.97. The van der Waals surface area contributed by atoms with Gasteiger partial charge in [-0.05, 0) is 56.9 Å². The zero-order valence-corrected chi connectivity index (χ0v) is 21.7. The van der Waals surface area contributed by atoms with Crippen LogP contribution in [-0.4, -0.2) is 0 Å². The van der Waals surface area contributed by atoms with Crippen molar-refractivity contribution < 1.29 is 0 Å². The van der Waals surface area contributed by atoms with Gasteiger partial charge in [-0.15, -0.1) is 0 Å². The van der Waals surface area contributed by atoms with E-state index in [0.29, 0.717) is 0 Å². The number of rotatable bonds is 21. The fraction of sp³-hybridized carbons (Fsp3) is 0.800. The Hall–Kier alpha value is -0.780. The van der Waals surface area contributed by atoms with Crippen LogP contribution in [-0.2, 0) is 0 Å². The number of hydrogen-bond donors (Lipinski definition) is 0. The van der Waals surface area contributed by atoms with Crippen molar-refractivity contribution in [1.82, 2.24) is 0 Å². The van der Waals surface area contributed by atoms with Crippen LogP contribution in [0.15, 0.2) is 34.9 Å². The fourth-order valence-electron chi connectivity index (χ4n) is 4.08. The first kappa shape index (κ1) is 29.2. The standard InChI is InChI=1S/C30H56/c1-6-11-14-17-19-21-24-29(10-5)27-30(25-22-18-15-12-7-2)26-28(9-4)23-20-16-13-8-3/h25-27H,6-24H2,1-5H3. The van der Waals surface area contributed by atoms with E-state index < -0.39 is 0 Å². The monoisotopic (exact) mass is 416 g/mol. The predicted octanol–water partition coefficient (Wildman–Crippen LogP) is 11.3. The van der Waals surface area contributed by atoms with Gasteiger partial charge in [0.15, 0.2) is 0 Å². The van der Waals surface area contributed by atoms with E-state index in [9.17, 15) is 0 Å². The molecular weight excluding hydrogens is 360 g/mol. The van der Waals surface area contributed by atoms with Gasteiger partial charge in [0.2, 0.25) is 0 Å². The molecule has 0 aliphatic carbocycles. The lowest BCUT2D eigenvalue weighted by atomic mass is 9.97. The minimum absolute atomic E-state index is 1.20. The van der Waals surface area contributed by atoms with Gasteiger partial charge in [-0.3, -0.25) is 0 Å². The van der Waals surface area contributed by atoms with Gasteiger partial charge in [-0.1, -0.05) is 135 Å².